The molecule has 0 N–H and O–H groups in total. The highest BCUT2D eigenvalue weighted by atomic mass is 16.6. The summed E-state index contributed by atoms with van der Waals surface area (Å²) in [5.74, 6) is 1.22. The van der Waals surface area contributed by atoms with Gasteiger partial charge in [0.25, 0.3) is 5.91 Å². The molecule has 0 aromatic heterocycles. The molecule has 198 valence electrons. The van der Waals surface area contributed by atoms with Gasteiger partial charge >= 0.3 is 6.09 Å². The van der Waals surface area contributed by atoms with E-state index in [2.05, 4.69) is 12.7 Å². The van der Waals surface area contributed by atoms with E-state index in [1.54, 1.807) is 23.1 Å². The van der Waals surface area contributed by atoms with Crippen molar-refractivity contribution in [3.63, 3.8) is 0 Å². The molecular weight excluding hydrogens is 472 g/mol. The van der Waals surface area contributed by atoms with Crippen LogP contribution in [-0.2, 0) is 4.74 Å². The quantitative estimate of drug-likeness (QED) is 0.402. The average molecular weight is 509 g/mol. The number of methoxy groups -OCH3 is 3. The highest BCUT2D eigenvalue weighted by Crippen LogP contribution is 2.38. The molecule has 8 nitrogen and oxygen atoms in total. The second-order valence-corrected chi connectivity index (χ2v) is 8.97. The van der Waals surface area contributed by atoms with Crippen molar-refractivity contribution in [1.29, 1.82) is 0 Å². The van der Waals surface area contributed by atoms with Gasteiger partial charge in [0.2, 0.25) is 5.75 Å². The molecule has 8 heteroatoms. The second-order valence-electron chi connectivity index (χ2n) is 8.97. The fourth-order valence-corrected chi connectivity index (χ4v) is 4.47. The summed E-state index contributed by atoms with van der Waals surface area (Å²) in [5.41, 5.74) is 2.53. The highest BCUT2D eigenvalue weighted by molar-refractivity contribution is 5.96. The summed E-state index contributed by atoms with van der Waals surface area (Å²) in [4.78, 5) is 29.6. The molecule has 1 heterocycles. The average Bonchev–Trinajstić information content (AvgIpc) is 3.39. The Kier molecular flexibility index (Phi) is 10.0. The fraction of sp³-hybridized carbons (Fsp3) is 0.379. The van der Waals surface area contributed by atoms with Gasteiger partial charge in [-0.25, -0.2) is 4.79 Å². The number of rotatable bonds is 11. The fourth-order valence-electron chi connectivity index (χ4n) is 4.47. The van der Waals surface area contributed by atoms with Crippen molar-refractivity contribution in [1.82, 2.24) is 9.80 Å². The third-order valence-electron chi connectivity index (χ3n) is 6.20. The summed E-state index contributed by atoms with van der Waals surface area (Å²) >= 11 is 0. The first-order valence-corrected chi connectivity index (χ1v) is 12.2. The van der Waals surface area contributed by atoms with Crippen molar-refractivity contribution < 1.29 is 28.5 Å². The Labute approximate surface area is 219 Å². The van der Waals surface area contributed by atoms with Crippen molar-refractivity contribution in [3.05, 3.63) is 71.8 Å². The molecule has 0 radical (unpaired) electrons. The predicted molar refractivity (Wildman–Crippen MR) is 143 cm³/mol. The first kappa shape index (κ1) is 27.6. The van der Waals surface area contributed by atoms with Crippen molar-refractivity contribution in [2.75, 3.05) is 54.1 Å². The zero-order valence-corrected chi connectivity index (χ0v) is 22.1. The number of carbonyl (C=O) groups is 2. The molecule has 1 aliphatic heterocycles. The van der Waals surface area contributed by atoms with Crippen LogP contribution in [0.4, 0.5) is 4.79 Å². The lowest BCUT2D eigenvalue weighted by atomic mass is 10.1. The molecule has 1 atom stereocenters. The molecule has 2 aromatic rings. The Morgan fingerprint density at radius 3 is 2.35 bits per heavy atom. The Morgan fingerprint density at radius 2 is 1.76 bits per heavy atom. The number of likely N-dealkylation sites (tertiary alicyclic amines) is 1. The van der Waals surface area contributed by atoms with Crippen LogP contribution in [-0.4, -0.2) is 75.9 Å². The molecule has 1 fully saturated rings. The summed E-state index contributed by atoms with van der Waals surface area (Å²) < 4.78 is 21.5. The van der Waals surface area contributed by atoms with Gasteiger partial charge in [-0.15, -0.1) is 0 Å². The summed E-state index contributed by atoms with van der Waals surface area (Å²) in [5, 5.41) is 0. The first-order chi connectivity index (χ1) is 17.9. The van der Waals surface area contributed by atoms with E-state index in [0.717, 1.165) is 17.6 Å². The van der Waals surface area contributed by atoms with Gasteiger partial charge < -0.3 is 28.7 Å². The van der Waals surface area contributed by atoms with Gasteiger partial charge in [0, 0.05) is 31.7 Å². The van der Waals surface area contributed by atoms with Crippen LogP contribution in [0.2, 0.25) is 0 Å². The van der Waals surface area contributed by atoms with Crippen LogP contribution < -0.4 is 14.2 Å². The number of benzene rings is 2. The van der Waals surface area contributed by atoms with Gasteiger partial charge in [-0.1, -0.05) is 54.6 Å². The first-order valence-electron chi connectivity index (χ1n) is 12.2. The van der Waals surface area contributed by atoms with Crippen LogP contribution in [0.3, 0.4) is 0 Å². The van der Waals surface area contributed by atoms with Crippen LogP contribution in [0.15, 0.2) is 60.7 Å². The molecule has 2 amide bonds. The largest absolute Gasteiger partial charge is 0.493 e. The lowest BCUT2D eigenvalue weighted by Crippen LogP contribution is -2.38. The van der Waals surface area contributed by atoms with Gasteiger partial charge in [0.1, 0.15) is 6.61 Å². The molecule has 1 saturated heterocycles. The number of ether oxygens (including phenoxy) is 4. The van der Waals surface area contributed by atoms with Gasteiger partial charge in [0.05, 0.1) is 21.3 Å². The van der Waals surface area contributed by atoms with E-state index in [1.165, 1.54) is 21.3 Å². The molecule has 37 heavy (non-hydrogen) atoms. The smallest absolute Gasteiger partial charge is 0.410 e. The molecule has 0 aliphatic carbocycles. The maximum Gasteiger partial charge on any atom is 0.410 e. The van der Waals surface area contributed by atoms with E-state index in [0.29, 0.717) is 49.0 Å². The molecule has 3 rings (SSSR count). The molecule has 2 aromatic carbocycles. The van der Waals surface area contributed by atoms with E-state index in [-0.39, 0.29) is 24.5 Å². The van der Waals surface area contributed by atoms with E-state index >= 15 is 0 Å². The van der Waals surface area contributed by atoms with E-state index in [9.17, 15) is 9.59 Å². The Hall–Kier alpha value is -3.94. The summed E-state index contributed by atoms with van der Waals surface area (Å²) in [6.07, 6.45) is 4.04. The monoisotopic (exact) mass is 508 g/mol. The SMILES string of the molecule is C=CCOC(=O)N1CCC(CN(C/C(C)=C/c2ccccc2)C(=O)c2cc(OC)c(OC)c(OC)c2)C1. The van der Waals surface area contributed by atoms with Crippen LogP contribution >= 0.6 is 0 Å². The van der Waals surface area contributed by atoms with Crippen molar-refractivity contribution in [3.8, 4) is 17.2 Å². The molecule has 0 saturated carbocycles. The maximum atomic E-state index is 13.8. The minimum atomic E-state index is -0.356. The minimum Gasteiger partial charge on any atom is -0.493 e. The number of hydrogen-bond donors (Lipinski definition) is 0. The third-order valence-corrected chi connectivity index (χ3v) is 6.20. The topological polar surface area (TPSA) is 77.5 Å². The number of amides is 2. The van der Waals surface area contributed by atoms with Gasteiger partial charge in [0.15, 0.2) is 11.5 Å². The lowest BCUT2D eigenvalue weighted by Gasteiger charge is -2.27. The van der Waals surface area contributed by atoms with Crippen molar-refractivity contribution in [2.24, 2.45) is 5.92 Å². The van der Waals surface area contributed by atoms with Crippen LogP contribution in [0.1, 0.15) is 29.3 Å². The van der Waals surface area contributed by atoms with Crippen LogP contribution in [0.5, 0.6) is 17.2 Å². The second kappa shape index (κ2) is 13.4. The van der Waals surface area contributed by atoms with Crippen molar-refractivity contribution >= 4 is 18.1 Å². The van der Waals surface area contributed by atoms with Crippen molar-refractivity contribution in [2.45, 2.75) is 13.3 Å². The maximum absolute atomic E-state index is 13.8. The molecule has 0 spiro atoms. The minimum absolute atomic E-state index is 0.117. The Bertz CT molecular complexity index is 1090. The summed E-state index contributed by atoms with van der Waals surface area (Å²) in [6.45, 7) is 7.80. The predicted octanol–water partition coefficient (Wildman–Crippen LogP) is 4.90. The van der Waals surface area contributed by atoms with E-state index in [1.807, 2.05) is 42.2 Å². The zero-order chi connectivity index (χ0) is 26.8. The Balaban J connectivity index is 1.86. The third kappa shape index (κ3) is 7.29. The standard InChI is InChI=1S/C29H36N2O6/c1-6-14-37-29(33)30-13-12-23(19-30)20-31(18-21(2)15-22-10-8-7-9-11-22)28(32)24-16-25(34-3)27(36-5)26(17-24)35-4/h6-11,15-17,23H,1,12-14,18-20H2,2-5H3/b21-15+. The normalized spacial score (nSPS) is 15.2. The number of hydrogen-bond acceptors (Lipinski definition) is 6. The van der Waals surface area contributed by atoms with E-state index < -0.39 is 0 Å². The van der Waals surface area contributed by atoms with Gasteiger partial charge in [-0.05, 0) is 37.0 Å². The van der Waals surface area contributed by atoms with Gasteiger partial charge in [-0.2, -0.15) is 0 Å². The molecule has 0 bridgehead atoms. The number of carbonyl (C=O) groups excluding carboxylic acids is 2. The summed E-state index contributed by atoms with van der Waals surface area (Å²) in [7, 11) is 4.57. The number of nitrogens with zero attached hydrogens (tertiary/aromatic N) is 2. The van der Waals surface area contributed by atoms with E-state index in [4.69, 9.17) is 18.9 Å². The van der Waals surface area contributed by atoms with Crippen LogP contribution in [0, 0.1) is 5.92 Å². The highest BCUT2D eigenvalue weighted by Gasteiger charge is 2.31. The van der Waals surface area contributed by atoms with Crippen LogP contribution in [0.25, 0.3) is 6.08 Å². The molecule has 1 unspecified atom stereocenters. The lowest BCUT2D eigenvalue weighted by molar-refractivity contribution is 0.0744. The summed E-state index contributed by atoms with van der Waals surface area (Å²) in [6, 6.07) is 13.3. The zero-order valence-electron chi connectivity index (χ0n) is 22.1. The van der Waals surface area contributed by atoms with Gasteiger partial charge in [-0.3, -0.25) is 4.79 Å². The molecular formula is C29H36N2O6. The Morgan fingerprint density at radius 1 is 1.08 bits per heavy atom. The molecule has 1 aliphatic rings.